The highest BCUT2D eigenvalue weighted by molar-refractivity contribution is 5.91. The standard InChI is InChI=1S/C28H29NO10/c1-4-13-34-24(31)29-12-11-27-21-17-7-8-19(37-25(32)35-14-5-2)22(21)38-23(27)18(30)9-10-28(27,20(29)16-17)39-26(33)36-15-6-3/h4-8,20,23H,1-3,9-16H2. The molecule has 11 heteroatoms. The van der Waals surface area contributed by atoms with Crippen molar-refractivity contribution < 1.29 is 47.6 Å². The first-order valence-corrected chi connectivity index (χ1v) is 12.6. The van der Waals surface area contributed by atoms with E-state index in [2.05, 4.69) is 19.7 Å². The minimum atomic E-state index is -1.38. The first kappa shape index (κ1) is 26.3. The Bertz CT molecular complexity index is 1260. The van der Waals surface area contributed by atoms with Crippen LogP contribution >= 0.6 is 0 Å². The van der Waals surface area contributed by atoms with Crippen molar-refractivity contribution in [2.24, 2.45) is 0 Å². The molecule has 1 saturated heterocycles. The topological polar surface area (TPSA) is 127 Å². The molecule has 2 aliphatic carbocycles. The predicted octanol–water partition coefficient (Wildman–Crippen LogP) is 3.78. The summed E-state index contributed by atoms with van der Waals surface area (Å²) in [6.07, 6.45) is 1.41. The Hall–Kier alpha value is -4.28. The molecule has 1 aromatic rings. The zero-order valence-corrected chi connectivity index (χ0v) is 21.3. The van der Waals surface area contributed by atoms with Gasteiger partial charge in [-0.3, -0.25) is 4.79 Å². The Labute approximate surface area is 224 Å². The van der Waals surface area contributed by atoms with Crippen LogP contribution in [0.5, 0.6) is 11.5 Å². The van der Waals surface area contributed by atoms with E-state index in [0.29, 0.717) is 5.56 Å². The zero-order valence-electron chi connectivity index (χ0n) is 21.3. The number of rotatable bonds is 8. The maximum atomic E-state index is 13.4. The quantitative estimate of drug-likeness (QED) is 0.208. The van der Waals surface area contributed by atoms with Gasteiger partial charge in [-0.2, -0.15) is 0 Å². The number of hydrogen-bond acceptors (Lipinski definition) is 10. The number of benzene rings is 1. The summed E-state index contributed by atoms with van der Waals surface area (Å²) in [5, 5.41) is 0. The lowest BCUT2D eigenvalue weighted by atomic mass is 9.49. The first-order chi connectivity index (χ1) is 18.8. The molecule has 0 radical (unpaired) electrons. The first-order valence-electron chi connectivity index (χ1n) is 12.6. The Balaban J connectivity index is 1.65. The normalized spacial score (nSPS) is 27.3. The zero-order chi connectivity index (χ0) is 27.8. The minimum Gasteiger partial charge on any atom is -0.477 e. The largest absolute Gasteiger partial charge is 0.514 e. The number of likely N-dealkylation sites (tertiary alicyclic amines) is 1. The molecule has 4 unspecified atom stereocenters. The van der Waals surface area contributed by atoms with E-state index in [9.17, 15) is 19.2 Å². The van der Waals surface area contributed by atoms with Crippen molar-refractivity contribution in [2.45, 2.75) is 48.8 Å². The number of hydrogen-bond donors (Lipinski definition) is 0. The molecule has 1 spiro atoms. The SMILES string of the molecule is C=CCOC(=O)Oc1ccc2c3c1OC1C(=O)CCC4(OC(=O)OCC=C)C(C2)N(C(=O)OCC=C)CCC314. The molecule has 4 aliphatic rings. The second-order valence-corrected chi connectivity index (χ2v) is 9.68. The van der Waals surface area contributed by atoms with Crippen molar-refractivity contribution in [3.63, 3.8) is 0 Å². The molecule has 1 aromatic carbocycles. The summed E-state index contributed by atoms with van der Waals surface area (Å²) in [7, 11) is 0. The van der Waals surface area contributed by atoms with Gasteiger partial charge in [0.25, 0.3) is 0 Å². The summed E-state index contributed by atoms with van der Waals surface area (Å²) in [5.41, 5.74) is -1.13. The van der Waals surface area contributed by atoms with Gasteiger partial charge in [0.05, 0.1) is 11.5 Å². The lowest BCUT2D eigenvalue weighted by molar-refractivity contribution is -0.191. The lowest BCUT2D eigenvalue weighted by Gasteiger charge is -2.62. The van der Waals surface area contributed by atoms with E-state index >= 15 is 0 Å². The van der Waals surface area contributed by atoms with E-state index < -0.39 is 41.6 Å². The molecule has 39 heavy (non-hydrogen) atoms. The number of amides is 1. The van der Waals surface area contributed by atoms with Crippen LogP contribution in [-0.4, -0.2) is 73.2 Å². The van der Waals surface area contributed by atoms with Gasteiger partial charge in [-0.05, 0) is 30.9 Å². The molecule has 1 amide bonds. The number of ether oxygens (including phenoxy) is 6. The average Bonchev–Trinajstić information content (AvgIpc) is 3.28. The lowest BCUT2D eigenvalue weighted by Crippen LogP contribution is -2.78. The van der Waals surface area contributed by atoms with Crippen molar-refractivity contribution in [3.8, 4) is 11.5 Å². The van der Waals surface area contributed by atoms with Crippen molar-refractivity contribution in [1.82, 2.24) is 4.90 Å². The van der Waals surface area contributed by atoms with E-state index in [-0.39, 0.29) is 69.3 Å². The van der Waals surface area contributed by atoms with Gasteiger partial charge in [0.15, 0.2) is 29.0 Å². The molecule has 0 N–H and O–H groups in total. The molecule has 2 aliphatic heterocycles. The Morgan fingerprint density at radius 3 is 2.41 bits per heavy atom. The second kappa shape index (κ2) is 10.1. The Morgan fingerprint density at radius 2 is 1.69 bits per heavy atom. The Morgan fingerprint density at radius 1 is 1.00 bits per heavy atom. The molecule has 2 bridgehead atoms. The van der Waals surface area contributed by atoms with Crippen molar-refractivity contribution >= 4 is 24.2 Å². The van der Waals surface area contributed by atoms with E-state index in [1.807, 2.05) is 0 Å². The van der Waals surface area contributed by atoms with Crippen molar-refractivity contribution in [1.29, 1.82) is 0 Å². The van der Waals surface area contributed by atoms with Gasteiger partial charge < -0.3 is 33.3 Å². The highest BCUT2D eigenvalue weighted by Crippen LogP contribution is 2.66. The fourth-order valence-electron chi connectivity index (χ4n) is 6.56. The molecular formula is C28H29NO10. The van der Waals surface area contributed by atoms with E-state index in [1.165, 1.54) is 18.2 Å². The third-order valence-electron chi connectivity index (χ3n) is 7.86. The maximum Gasteiger partial charge on any atom is 0.514 e. The van der Waals surface area contributed by atoms with E-state index in [4.69, 9.17) is 28.4 Å². The Kier molecular flexibility index (Phi) is 6.83. The fourth-order valence-corrected chi connectivity index (χ4v) is 6.56. The van der Waals surface area contributed by atoms with Crippen LogP contribution in [0.1, 0.15) is 30.4 Å². The van der Waals surface area contributed by atoms with Gasteiger partial charge in [0.1, 0.15) is 19.8 Å². The van der Waals surface area contributed by atoms with Gasteiger partial charge in [-0.15, -0.1) is 0 Å². The summed E-state index contributed by atoms with van der Waals surface area (Å²) >= 11 is 0. The molecule has 4 atom stereocenters. The van der Waals surface area contributed by atoms with Crippen LogP contribution in [0.2, 0.25) is 0 Å². The minimum absolute atomic E-state index is 0.00996. The average molecular weight is 540 g/mol. The highest BCUT2D eigenvalue weighted by Gasteiger charge is 2.76. The molecule has 1 saturated carbocycles. The summed E-state index contributed by atoms with van der Waals surface area (Å²) < 4.78 is 33.4. The van der Waals surface area contributed by atoms with Crippen LogP contribution in [-0.2, 0) is 35.6 Å². The van der Waals surface area contributed by atoms with Gasteiger partial charge in [-0.1, -0.05) is 44.0 Å². The summed E-state index contributed by atoms with van der Waals surface area (Å²) in [6.45, 7) is 10.8. The van der Waals surface area contributed by atoms with Crippen molar-refractivity contribution in [2.75, 3.05) is 26.4 Å². The van der Waals surface area contributed by atoms with Crippen LogP contribution in [0.25, 0.3) is 0 Å². The van der Waals surface area contributed by atoms with Crippen LogP contribution in [0, 0.1) is 0 Å². The molecular weight excluding hydrogens is 510 g/mol. The van der Waals surface area contributed by atoms with Gasteiger partial charge in [0, 0.05) is 18.5 Å². The number of ketones is 1. The smallest absolute Gasteiger partial charge is 0.477 e. The molecule has 0 aromatic heterocycles. The van der Waals surface area contributed by atoms with E-state index in [0.717, 1.165) is 5.56 Å². The predicted molar refractivity (Wildman–Crippen MR) is 135 cm³/mol. The van der Waals surface area contributed by atoms with Crippen LogP contribution in [0.15, 0.2) is 50.1 Å². The van der Waals surface area contributed by atoms with E-state index in [1.54, 1.807) is 17.0 Å². The maximum absolute atomic E-state index is 13.4. The second-order valence-electron chi connectivity index (χ2n) is 9.68. The van der Waals surface area contributed by atoms with Crippen LogP contribution < -0.4 is 9.47 Å². The van der Waals surface area contributed by atoms with Gasteiger partial charge in [-0.25, -0.2) is 14.4 Å². The van der Waals surface area contributed by atoms with Crippen molar-refractivity contribution in [3.05, 3.63) is 61.2 Å². The number of nitrogens with zero attached hydrogens (tertiary/aromatic N) is 1. The number of Topliss-reactive ketones (excluding diaryl/α,β-unsaturated/α-hetero) is 1. The molecule has 2 heterocycles. The third-order valence-corrected chi connectivity index (χ3v) is 7.86. The molecule has 11 nitrogen and oxygen atoms in total. The highest BCUT2D eigenvalue weighted by atomic mass is 16.7. The van der Waals surface area contributed by atoms with Crippen LogP contribution in [0.4, 0.5) is 14.4 Å². The molecule has 5 rings (SSSR count). The van der Waals surface area contributed by atoms with Gasteiger partial charge in [0.2, 0.25) is 0 Å². The van der Waals surface area contributed by atoms with Crippen LogP contribution in [0.3, 0.4) is 0 Å². The molecule has 206 valence electrons. The summed E-state index contributed by atoms with van der Waals surface area (Å²) in [6, 6.07) is 2.64. The molecule has 2 fully saturated rings. The summed E-state index contributed by atoms with van der Waals surface area (Å²) in [5.74, 6) is 0.116. The fraction of sp³-hybridized carbons (Fsp3) is 0.429. The third kappa shape index (κ3) is 3.95. The number of piperidine rings is 1. The number of carbonyl (C=O) groups excluding carboxylic acids is 4. The summed E-state index contributed by atoms with van der Waals surface area (Å²) in [4.78, 5) is 53.3. The number of carbonyl (C=O) groups is 4. The van der Waals surface area contributed by atoms with Gasteiger partial charge >= 0.3 is 18.4 Å². The monoisotopic (exact) mass is 539 g/mol.